The molecule has 2 aromatic heterocycles. The number of benzene rings is 10. The summed E-state index contributed by atoms with van der Waals surface area (Å²) in [5.74, 6) is 0. The zero-order valence-electron chi connectivity index (χ0n) is 34.5. The maximum absolute atomic E-state index is 2.40. The van der Waals surface area contributed by atoms with E-state index in [1.54, 1.807) is 0 Å². The Morgan fingerprint density at radius 2 is 0.635 bits per heavy atom. The lowest BCUT2D eigenvalue weighted by Gasteiger charge is -2.26. The van der Waals surface area contributed by atoms with Crippen LogP contribution in [-0.2, 0) is 0 Å². The van der Waals surface area contributed by atoms with Gasteiger partial charge in [0.25, 0.3) is 0 Å². The van der Waals surface area contributed by atoms with E-state index in [0.29, 0.717) is 0 Å². The second-order valence-electron chi connectivity index (χ2n) is 16.2. The Kier molecular flexibility index (Phi) is 8.83. The van der Waals surface area contributed by atoms with Crippen molar-refractivity contribution in [3.05, 3.63) is 249 Å². The monoisotopic (exact) mass is 803 g/mol. The van der Waals surface area contributed by atoms with Crippen molar-refractivity contribution < 1.29 is 0 Å². The van der Waals surface area contributed by atoms with Crippen LogP contribution >= 0.6 is 0 Å². The Balaban J connectivity index is 0.907. The third-order valence-corrected chi connectivity index (χ3v) is 12.5. The zero-order valence-corrected chi connectivity index (χ0v) is 34.5. The van der Waals surface area contributed by atoms with Crippen molar-refractivity contribution in [1.82, 2.24) is 9.13 Å². The van der Waals surface area contributed by atoms with Crippen LogP contribution < -0.4 is 4.90 Å². The smallest absolute Gasteiger partial charge is 0.0541 e. The van der Waals surface area contributed by atoms with Gasteiger partial charge in [0.05, 0.1) is 22.1 Å². The summed E-state index contributed by atoms with van der Waals surface area (Å²) in [6.07, 6.45) is 0. The minimum atomic E-state index is 1.09. The van der Waals surface area contributed by atoms with Gasteiger partial charge in [0.1, 0.15) is 0 Å². The molecule has 3 nitrogen and oxygen atoms in total. The SMILES string of the molecule is c1ccc(-c2ccccc2-c2ccc3c(c2)c2ccccc2n3-c2ccc(N(c3ccccc3)c3ccc(-c4ccc5c(c4)c4ccccc4n5-c4ccccc4)cc3)cc2)cc1. The van der Waals surface area contributed by atoms with Crippen molar-refractivity contribution >= 4 is 60.7 Å². The van der Waals surface area contributed by atoms with Gasteiger partial charge in [-0.2, -0.15) is 0 Å². The van der Waals surface area contributed by atoms with Crippen LogP contribution in [0.2, 0.25) is 0 Å². The standard InChI is InChI=1S/C60H41N3/c1-4-16-43(17-5-1)51-22-10-11-23-52(51)45-31-39-60-56(41-45)54-25-13-15-27-58(54)63(60)50-36-34-49(35-37-50)61(46-18-6-2-7-19-46)48-32-28-42(29-33-48)44-30-38-59-55(40-44)53-24-12-14-26-57(53)62(59)47-20-8-3-9-21-47/h1-41H. The van der Waals surface area contributed by atoms with E-state index in [4.69, 9.17) is 0 Å². The molecule has 2 heterocycles. The van der Waals surface area contributed by atoms with Crippen molar-refractivity contribution in [2.24, 2.45) is 0 Å². The number of rotatable bonds is 8. The molecule has 0 aliphatic rings. The molecule has 0 aliphatic carbocycles. The van der Waals surface area contributed by atoms with E-state index >= 15 is 0 Å². The Hall–Kier alpha value is -8.40. The summed E-state index contributed by atoms with van der Waals surface area (Å²) in [6.45, 7) is 0. The fraction of sp³-hybridized carbons (Fsp3) is 0. The zero-order chi connectivity index (χ0) is 41.7. The van der Waals surface area contributed by atoms with Gasteiger partial charge < -0.3 is 14.0 Å². The average Bonchev–Trinajstić information content (AvgIpc) is 3.88. The van der Waals surface area contributed by atoms with Crippen molar-refractivity contribution in [1.29, 1.82) is 0 Å². The third kappa shape index (κ3) is 6.29. The molecule has 12 rings (SSSR count). The quantitative estimate of drug-likeness (QED) is 0.149. The van der Waals surface area contributed by atoms with E-state index in [1.807, 2.05) is 0 Å². The first-order valence-electron chi connectivity index (χ1n) is 21.6. The number of para-hydroxylation sites is 4. The van der Waals surface area contributed by atoms with Crippen LogP contribution in [0.4, 0.5) is 17.1 Å². The first-order chi connectivity index (χ1) is 31.3. The molecule has 0 saturated heterocycles. The highest BCUT2D eigenvalue weighted by Crippen LogP contribution is 2.41. The predicted octanol–water partition coefficient (Wildman–Crippen LogP) is 16.4. The highest BCUT2D eigenvalue weighted by molar-refractivity contribution is 6.12. The minimum absolute atomic E-state index is 1.09. The van der Waals surface area contributed by atoms with E-state index in [-0.39, 0.29) is 0 Å². The molecular weight excluding hydrogens is 763 g/mol. The van der Waals surface area contributed by atoms with Gasteiger partial charge in [0.15, 0.2) is 0 Å². The molecule has 0 unspecified atom stereocenters. The molecule has 0 radical (unpaired) electrons. The number of nitrogens with zero attached hydrogens (tertiary/aromatic N) is 3. The lowest BCUT2D eigenvalue weighted by atomic mass is 9.94. The summed E-state index contributed by atoms with van der Waals surface area (Å²) < 4.78 is 4.77. The van der Waals surface area contributed by atoms with Gasteiger partial charge in [-0.3, -0.25) is 0 Å². The van der Waals surface area contributed by atoms with Gasteiger partial charge in [-0.1, -0.05) is 152 Å². The molecule has 10 aromatic carbocycles. The molecule has 63 heavy (non-hydrogen) atoms. The maximum Gasteiger partial charge on any atom is 0.0541 e. The number of aromatic nitrogens is 2. The highest BCUT2D eigenvalue weighted by Gasteiger charge is 2.18. The molecule has 0 spiro atoms. The second-order valence-corrected chi connectivity index (χ2v) is 16.2. The Bertz CT molecular complexity index is 3580. The second kappa shape index (κ2) is 15.3. The number of hydrogen-bond donors (Lipinski definition) is 0. The van der Waals surface area contributed by atoms with Gasteiger partial charge >= 0.3 is 0 Å². The minimum Gasteiger partial charge on any atom is -0.311 e. The predicted molar refractivity (Wildman–Crippen MR) is 266 cm³/mol. The third-order valence-electron chi connectivity index (χ3n) is 12.5. The van der Waals surface area contributed by atoms with Crippen molar-refractivity contribution in [2.45, 2.75) is 0 Å². The maximum atomic E-state index is 2.40. The van der Waals surface area contributed by atoms with Gasteiger partial charge in [-0.25, -0.2) is 0 Å². The number of fused-ring (bicyclic) bond motifs is 6. The molecular formula is C60H41N3. The Labute approximate surface area is 366 Å². The van der Waals surface area contributed by atoms with E-state index in [2.05, 4.69) is 263 Å². The molecule has 296 valence electrons. The lowest BCUT2D eigenvalue weighted by molar-refractivity contribution is 1.17. The van der Waals surface area contributed by atoms with Crippen LogP contribution in [0.5, 0.6) is 0 Å². The van der Waals surface area contributed by atoms with E-state index in [0.717, 1.165) is 22.7 Å². The largest absolute Gasteiger partial charge is 0.311 e. The first-order valence-corrected chi connectivity index (χ1v) is 21.6. The molecule has 0 amide bonds. The molecule has 3 heteroatoms. The molecule has 0 saturated carbocycles. The molecule has 12 aromatic rings. The van der Waals surface area contributed by atoms with Gasteiger partial charge in [-0.15, -0.1) is 0 Å². The van der Waals surface area contributed by atoms with Crippen LogP contribution in [0, 0.1) is 0 Å². The Morgan fingerprint density at radius 1 is 0.238 bits per heavy atom. The van der Waals surface area contributed by atoms with E-state index < -0.39 is 0 Å². The summed E-state index contributed by atoms with van der Waals surface area (Å²) >= 11 is 0. The van der Waals surface area contributed by atoms with Crippen LogP contribution in [0.3, 0.4) is 0 Å². The Morgan fingerprint density at radius 3 is 1.24 bits per heavy atom. The van der Waals surface area contributed by atoms with E-state index in [1.165, 1.54) is 82.7 Å². The van der Waals surface area contributed by atoms with Gasteiger partial charge in [0, 0.05) is 50.0 Å². The average molecular weight is 804 g/mol. The normalized spacial score (nSPS) is 11.5. The summed E-state index contributed by atoms with van der Waals surface area (Å²) in [6, 6.07) is 89.9. The summed E-state index contributed by atoms with van der Waals surface area (Å²) in [5.41, 5.74) is 17.6. The van der Waals surface area contributed by atoms with Crippen molar-refractivity contribution in [3.8, 4) is 44.8 Å². The first kappa shape index (κ1) is 36.5. The van der Waals surface area contributed by atoms with Crippen LogP contribution in [0.25, 0.3) is 88.4 Å². The summed E-state index contributed by atoms with van der Waals surface area (Å²) in [7, 11) is 0. The topological polar surface area (TPSA) is 13.1 Å². The van der Waals surface area contributed by atoms with Crippen molar-refractivity contribution in [2.75, 3.05) is 4.90 Å². The number of hydrogen-bond acceptors (Lipinski definition) is 1. The highest BCUT2D eigenvalue weighted by atomic mass is 15.1. The molecule has 0 bridgehead atoms. The van der Waals surface area contributed by atoms with Gasteiger partial charge in [-0.05, 0) is 130 Å². The lowest BCUT2D eigenvalue weighted by Crippen LogP contribution is -2.10. The fourth-order valence-corrected chi connectivity index (χ4v) is 9.61. The molecule has 0 aliphatic heterocycles. The fourth-order valence-electron chi connectivity index (χ4n) is 9.61. The van der Waals surface area contributed by atoms with Crippen LogP contribution in [0.15, 0.2) is 249 Å². The summed E-state index contributed by atoms with van der Waals surface area (Å²) in [4.78, 5) is 2.34. The molecule has 0 atom stereocenters. The van der Waals surface area contributed by atoms with Crippen LogP contribution in [0.1, 0.15) is 0 Å². The van der Waals surface area contributed by atoms with E-state index in [9.17, 15) is 0 Å². The molecule has 0 N–H and O–H groups in total. The summed E-state index contributed by atoms with van der Waals surface area (Å²) in [5, 5.41) is 4.98. The van der Waals surface area contributed by atoms with Gasteiger partial charge in [0.2, 0.25) is 0 Å². The van der Waals surface area contributed by atoms with Crippen LogP contribution in [-0.4, -0.2) is 9.13 Å². The number of anilines is 3. The van der Waals surface area contributed by atoms with Crippen molar-refractivity contribution in [3.63, 3.8) is 0 Å². The molecule has 0 fully saturated rings.